The third-order valence-electron chi connectivity index (χ3n) is 2.02. The van der Waals surface area contributed by atoms with E-state index in [0.717, 1.165) is 12.0 Å². The van der Waals surface area contributed by atoms with Crippen molar-refractivity contribution >= 4 is 23.2 Å². The molecule has 0 spiro atoms. The van der Waals surface area contributed by atoms with Gasteiger partial charge in [0.05, 0.1) is 0 Å². The fraction of sp³-hybridized carbons (Fsp3) is 0.364. The Morgan fingerprint density at radius 3 is 2.14 bits per heavy atom. The lowest BCUT2D eigenvalue weighted by Gasteiger charge is -2.10. The van der Waals surface area contributed by atoms with Crippen molar-refractivity contribution in [2.24, 2.45) is 0 Å². The molecule has 0 amide bonds. The second-order valence-electron chi connectivity index (χ2n) is 3.16. The highest BCUT2D eigenvalue weighted by Crippen LogP contribution is 2.25. The van der Waals surface area contributed by atoms with Gasteiger partial charge in [0.2, 0.25) is 4.33 Å². The van der Waals surface area contributed by atoms with Crippen LogP contribution in [-0.4, -0.2) is 4.33 Å². The van der Waals surface area contributed by atoms with Crippen LogP contribution in [0.5, 0.6) is 0 Å². The van der Waals surface area contributed by atoms with Crippen LogP contribution in [0.1, 0.15) is 18.1 Å². The van der Waals surface area contributed by atoms with Gasteiger partial charge < -0.3 is 0 Å². The first-order valence-corrected chi connectivity index (χ1v) is 5.20. The van der Waals surface area contributed by atoms with E-state index in [-0.39, 0.29) is 0 Å². The molecule has 0 saturated carbocycles. The summed E-state index contributed by atoms with van der Waals surface area (Å²) in [7, 11) is 0. The largest absolute Gasteiger partial charge is 0.207 e. The molecule has 74 valence electrons. The van der Waals surface area contributed by atoms with Crippen molar-refractivity contribution in [3.63, 3.8) is 0 Å². The van der Waals surface area contributed by atoms with E-state index in [1.807, 2.05) is 30.3 Å². The molecule has 0 unspecified atom stereocenters. The summed E-state index contributed by atoms with van der Waals surface area (Å²) >= 11 is 11.5. The predicted molar refractivity (Wildman–Crippen MR) is 59.6 cm³/mol. The predicted octanol–water partition coefficient (Wildman–Crippen LogP) is 3.49. The van der Waals surface area contributed by atoms with Gasteiger partial charge in [-0.15, -0.1) is 0 Å². The topological polar surface area (TPSA) is 23.8 Å². The number of rotatable bonds is 3. The molecule has 14 heavy (non-hydrogen) atoms. The molecule has 0 fully saturated rings. The zero-order chi connectivity index (χ0) is 10.6. The number of aryl methyl sites for hydroxylation is 1. The van der Waals surface area contributed by atoms with Gasteiger partial charge in [0.15, 0.2) is 0 Å². The highest BCUT2D eigenvalue weighted by atomic mass is 35.5. The summed E-state index contributed by atoms with van der Waals surface area (Å²) in [5, 5.41) is 8.64. The van der Waals surface area contributed by atoms with Crippen LogP contribution in [0, 0.1) is 11.3 Å². The summed E-state index contributed by atoms with van der Waals surface area (Å²) in [5.41, 5.74) is 2.24. The van der Waals surface area contributed by atoms with Gasteiger partial charge >= 0.3 is 0 Å². The Morgan fingerprint density at radius 2 is 1.71 bits per heavy atom. The zero-order valence-corrected chi connectivity index (χ0v) is 9.44. The smallest absolute Gasteiger partial charge is 0.195 e. The number of hydrogen-bond donors (Lipinski definition) is 0. The molecule has 1 rings (SSSR count). The number of hydrogen-bond acceptors (Lipinski definition) is 1. The number of halogens is 2. The van der Waals surface area contributed by atoms with Gasteiger partial charge in [0, 0.05) is 6.42 Å². The summed E-state index contributed by atoms with van der Waals surface area (Å²) in [6.45, 7) is 2.09. The van der Waals surface area contributed by atoms with Crippen LogP contribution in [-0.2, 0) is 12.8 Å². The van der Waals surface area contributed by atoms with Crippen molar-refractivity contribution < 1.29 is 0 Å². The lowest BCUT2D eigenvalue weighted by atomic mass is 10.1. The summed E-state index contributed by atoms with van der Waals surface area (Å²) in [4.78, 5) is 0. The van der Waals surface area contributed by atoms with Crippen LogP contribution in [0.15, 0.2) is 24.3 Å². The maximum atomic E-state index is 8.64. The van der Waals surface area contributed by atoms with Crippen LogP contribution in [0.2, 0.25) is 0 Å². The molecule has 0 bridgehead atoms. The third kappa shape index (κ3) is 3.21. The zero-order valence-electron chi connectivity index (χ0n) is 7.93. The van der Waals surface area contributed by atoms with E-state index < -0.39 is 4.33 Å². The molecule has 1 nitrogen and oxygen atoms in total. The molecule has 1 aromatic rings. The number of alkyl halides is 2. The van der Waals surface area contributed by atoms with Crippen LogP contribution in [0.3, 0.4) is 0 Å². The Bertz CT molecular complexity index is 335. The summed E-state index contributed by atoms with van der Waals surface area (Å²) in [5.74, 6) is 0. The van der Waals surface area contributed by atoms with E-state index in [1.165, 1.54) is 5.56 Å². The van der Waals surface area contributed by atoms with E-state index in [9.17, 15) is 0 Å². The van der Waals surface area contributed by atoms with Crippen LogP contribution in [0.25, 0.3) is 0 Å². The fourth-order valence-electron chi connectivity index (χ4n) is 1.19. The number of benzene rings is 1. The summed E-state index contributed by atoms with van der Waals surface area (Å²) in [6.07, 6.45) is 1.36. The summed E-state index contributed by atoms with van der Waals surface area (Å²) in [6, 6.07) is 9.81. The molecule has 0 heterocycles. The van der Waals surface area contributed by atoms with E-state index in [0.29, 0.717) is 6.42 Å². The quantitative estimate of drug-likeness (QED) is 0.726. The van der Waals surface area contributed by atoms with E-state index in [2.05, 4.69) is 6.92 Å². The van der Waals surface area contributed by atoms with Gasteiger partial charge in [-0.1, -0.05) is 54.4 Å². The molecule has 0 aromatic heterocycles. The maximum absolute atomic E-state index is 8.64. The standard InChI is InChI=1S/C11H11Cl2N/c1-2-9-3-5-10(6-4-9)7-11(12,13)8-14/h3-6H,2,7H2,1H3. The minimum atomic E-state index is -1.31. The molecule has 0 radical (unpaired) electrons. The van der Waals surface area contributed by atoms with Crippen LogP contribution < -0.4 is 0 Å². The van der Waals surface area contributed by atoms with Crippen molar-refractivity contribution in [1.29, 1.82) is 5.26 Å². The van der Waals surface area contributed by atoms with E-state index in [1.54, 1.807) is 0 Å². The van der Waals surface area contributed by atoms with E-state index >= 15 is 0 Å². The Hall–Kier alpha value is -0.710. The molecule has 1 aromatic carbocycles. The first kappa shape index (κ1) is 11.4. The van der Waals surface area contributed by atoms with E-state index in [4.69, 9.17) is 28.5 Å². The van der Waals surface area contributed by atoms with Crippen molar-refractivity contribution in [2.75, 3.05) is 0 Å². The highest BCUT2D eigenvalue weighted by Gasteiger charge is 2.23. The highest BCUT2D eigenvalue weighted by molar-refractivity contribution is 6.50. The summed E-state index contributed by atoms with van der Waals surface area (Å²) < 4.78 is -1.31. The van der Waals surface area contributed by atoms with Gasteiger partial charge in [0.25, 0.3) is 0 Å². The van der Waals surface area contributed by atoms with Gasteiger partial charge in [-0.25, -0.2) is 0 Å². The first-order chi connectivity index (χ1) is 6.57. The second-order valence-corrected chi connectivity index (χ2v) is 4.65. The fourth-order valence-corrected chi connectivity index (χ4v) is 1.50. The van der Waals surface area contributed by atoms with Crippen LogP contribution in [0.4, 0.5) is 0 Å². The molecule has 0 N–H and O–H groups in total. The van der Waals surface area contributed by atoms with Gasteiger partial charge in [-0.3, -0.25) is 0 Å². The van der Waals surface area contributed by atoms with Crippen molar-refractivity contribution in [3.8, 4) is 6.07 Å². The molecular weight excluding hydrogens is 217 g/mol. The van der Waals surface area contributed by atoms with Crippen LogP contribution >= 0.6 is 23.2 Å². The molecular formula is C11H11Cl2N. The Balaban J connectivity index is 2.75. The SMILES string of the molecule is CCc1ccc(CC(Cl)(Cl)C#N)cc1. The average molecular weight is 228 g/mol. The Morgan fingerprint density at radius 1 is 1.21 bits per heavy atom. The van der Waals surface area contributed by atoms with Gasteiger partial charge in [-0.2, -0.15) is 5.26 Å². The number of nitrogens with zero attached hydrogens (tertiary/aromatic N) is 1. The minimum absolute atomic E-state index is 0.358. The molecule has 0 saturated heterocycles. The molecule has 0 aliphatic heterocycles. The van der Waals surface area contributed by atoms with Crippen molar-refractivity contribution in [1.82, 2.24) is 0 Å². The molecule has 0 atom stereocenters. The minimum Gasteiger partial charge on any atom is -0.195 e. The van der Waals surface area contributed by atoms with Gasteiger partial charge in [0.1, 0.15) is 6.07 Å². The Labute approximate surface area is 94.3 Å². The molecule has 0 aliphatic carbocycles. The van der Waals surface area contributed by atoms with Crippen molar-refractivity contribution in [2.45, 2.75) is 24.1 Å². The first-order valence-electron chi connectivity index (χ1n) is 4.44. The third-order valence-corrected chi connectivity index (χ3v) is 2.46. The monoisotopic (exact) mass is 227 g/mol. The maximum Gasteiger partial charge on any atom is 0.207 e. The second kappa shape index (κ2) is 4.68. The van der Waals surface area contributed by atoms with Crippen molar-refractivity contribution in [3.05, 3.63) is 35.4 Å². The lowest BCUT2D eigenvalue weighted by Crippen LogP contribution is -2.12. The Kier molecular flexibility index (Phi) is 3.80. The normalized spacial score (nSPS) is 11.0. The molecule has 0 aliphatic rings. The number of nitriles is 1. The average Bonchev–Trinajstić information content (AvgIpc) is 2.19. The molecule has 3 heteroatoms. The lowest BCUT2D eigenvalue weighted by molar-refractivity contribution is 0.943. The van der Waals surface area contributed by atoms with Gasteiger partial charge in [-0.05, 0) is 17.5 Å².